The number of ketones is 1. The highest BCUT2D eigenvalue weighted by Gasteiger charge is 2.08. The van der Waals surface area contributed by atoms with E-state index in [4.69, 9.17) is 16.7 Å². The Labute approximate surface area is 83.3 Å². The molecule has 1 rings (SSSR count). The number of Topliss-reactive ketones (excluding diaryl/α,β-unsaturated/α-hetero) is 1. The van der Waals surface area contributed by atoms with Crippen LogP contribution in [0.25, 0.3) is 0 Å². The van der Waals surface area contributed by atoms with Crippen LogP contribution in [0.1, 0.15) is 10.4 Å². The van der Waals surface area contributed by atoms with Gasteiger partial charge in [0, 0.05) is 15.1 Å². The predicted octanol–water partition coefficient (Wildman–Crippen LogP) is 2.28. The molecule has 1 N–H and O–H groups in total. The van der Waals surface area contributed by atoms with Crippen LogP contribution in [-0.4, -0.2) is 17.5 Å². The van der Waals surface area contributed by atoms with Gasteiger partial charge in [0.1, 0.15) is 6.61 Å². The number of benzene rings is 1. The highest BCUT2D eigenvalue weighted by atomic mass is 79.9. The number of aliphatic hydroxyl groups excluding tert-OH is 1. The van der Waals surface area contributed by atoms with E-state index in [1.165, 1.54) is 0 Å². The lowest BCUT2D eigenvalue weighted by atomic mass is 10.1. The topological polar surface area (TPSA) is 37.3 Å². The van der Waals surface area contributed by atoms with Gasteiger partial charge in [-0.05, 0) is 34.1 Å². The summed E-state index contributed by atoms with van der Waals surface area (Å²) < 4.78 is 0.606. The van der Waals surface area contributed by atoms with Crippen molar-refractivity contribution in [3.05, 3.63) is 33.3 Å². The molecule has 0 radical (unpaired) electrons. The monoisotopic (exact) mass is 248 g/mol. The number of hydrogen-bond donors (Lipinski definition) is 1. The average molecular weight is 249 g/mol. The highest BCUT2D eigenvalue weighted by Crippen LogP contribution is 2.21. The minimum absolute atomic E-state index is 0.321. The van der Waals surface area contributed by atoms with E-state index in [-0.39, 0.29) is 5.78 Å². The molecule has 0 fully saturated rings. The van der Waals surface area contributed by atoms with Crippen molar-refractivity contribution in [2.75, 3.05) is 6.61 Å². The van der Waals surface area contributed by atoms with Crippen LogP contribution in [0.4, 0.5) is 0 Å². The van der Waals surface area contributed by atoms with E-state index >= 15 is 0 Å². The maximum Gasteiger partial charge on any atom is 0.189 e. The smallest absolute Gasteiger partial charge is 0.189 e. The molecule has 1 aromatic rings. The van der Waals surface area contributed by atoms with Gasteiger partial charge in [-0.15, -0.1) is 0 Å². The SMILES string of the molecule is O=C(CO)c1ccc(Cl)cc1Br. The summed E-state index contributed by atoms with van der Waals surface area (Å²) in [6.07, 6.45) is 0. The number of hydrogen-bond acceptors (Lipinski definition) is 2. The second-order valence-corrected chi connectivity index (χ2v) is 3.50. The summed E-state index contributed by atoms with van der Waals surface area (Å²) in [4.78, 5) is 11.0. The largest absolute Gasteiger partial charge is 0.388 e. The van der Waals surface area contributed by atoms with Crippen molar-refractivity contribution in [2.45, 2.75) is 0 Å². The van der Waals surface area contributed by atoms with Crippen molar-refractivity contribution in [3.8, 4) is 0 Å². The maximum absolute atomic E-state index is 11.0. The Bertz CT molecular complexity index is 312. The zero-order valence-electron chi connectivity index (χ0n) is 6.05. The quantitative estimate of drug-likeness (QED) is 0.817. The van der Waals surface area contributed by atoms with Gasteiger partial charge in [-0.2, -0.15) is 0 Å². The second kappa shape index (κ2) is 4.03. The Morgan fingerprint density at radius 2 is 2.25 bits per heavy atom. The van der Waals surface area contributed by atoms with Gasteiger partial charge >= 0.3 is 0 Å². The minimum atomic E-state index is -0.486. The van der Waals surface area contributed by atoms with E-state index in [0.29, 0.717) is 15.1 Å². The summed E-state index contributed by atoms with van der Waals surface area (Å²) in [5.74, 6) is -0.321. The molecule has 0 heterocycles. The lowest BCUT2D eigenvalue weighted by molar-refractivity contribution is 0.0903. The summed E-state index contributed by atoms with van der Waals surface area (Å²) >= 11 is 8.83. The maximum atomic E-state index is 11.0. The van der Waals surface area contributed by atoms with Crippen LogP contribution in [0, 0.1) is 0 Å². The van der Waals surface area contributed by atoms with Gasteiger partial charge in [0.2, 0.25) is 0 Å². The van der Waals surface area contributed by atoms with Crippen LogP contribution in [0.2, 0.25) is 5.02 Å². The van der Waals surface area contributed by atoms with Crippen LogP contribution in [0.5, 0.6) is 0 Å². The first-order valence-electron chi connectivity index (χ1n) is 3.24. The summed E-state index contributed by atoms with van der Waals surface area (Å²) in [5.41, 5.74) is 0.446. The molecule has 1 aromatic carbocycles. The summed E-state index contributed by atoms with van der Waals surface area (Å²) in [6.45, 7) is -0.486. The van der Waals surface area contributed by atoms with Gasteiger partial charge in [-0.3, -0.25) is 4.79 Å². The van der Waals surface area contributed by atoms with Gasteiger partial charge in [0.15, 0.2) is 5.78 Å². The van der Waals surface area contributed by atoms with Gasteiger partial charge in [0.05, 0.1) is 0 Å². The van der Waals surface area contributed by atoms with Crippen molar-refractivity contribution >= 4 is 33.3 Å². The molecule has 64 valence electrons. The second-order valence-electron chi connectivity index (χ2n) is 2.21. The first-order chi connectivity index (χ1) is 5.65. The Hall–Kier alpha value is -0.380. The van der Waals surface area contributed by atoms with E-state index in [9.17, 15) is 4.79 Å². The van der Waals surface area contributed by atoms with Crippen LogP contribution in [-0.2, 0) is 0 Å². The molecule has 2 nitrogen and oxygen atoms in total. The molecule has 12 heavy (non-hydrogen) atoms. The van der Waals surface area contributed by atoms with Crippen LogP contribution >= 0.6 is 27.5 Å². The third-order valence-electron chi connectivity index (χ3n) is 1.38. The zero-order chi connectivity index (χ0) is 9.14. The third-order valence-corrected chi connectivity index (χ3v) is 2.27. The van der Waals surface area contributed by atoms with Crippen LogP contribution < -0.4 is 0 Å². The number of aliphatic hydroxyl groups is 1. The van der Waals surface area contributed by atoms with Crippen molar-refractivity contribution in [1.82, 2.24) is 0 Å². The molecule has 0 unspecified atom stereocenters. The van der Waals surface area contributed by atoms with Gasteiger partial charge < -0.3 is 5.11 Å². The molecule has 0 spiro atoms. The number of rotatable bonds is 2. The Balaban J connectivity index is 3.09. The molecule has 0 amide bonds. The first-order valence-corrected chi connectivity index (χ1v) is 4.41. The molecule has 0 saturated heterocycles. The molecule has 0 bridgehead atoms. The zero-order valence-corrected chi connectivity index (χ0v) is 8.39. The standard InChI is InChI=1S/C8H6BrClO2/c9-7-3-5(10)1-2-6(7)8(12)4-11/h1-3,11H,4H2. The summed E-state index contributed by atoms with van der Waals surface area (Å²) in [7, 11) is 0. The molecule has 0 aromatic heterocycles. The number of carbonyl (C=O) groups excluding carboxylic acids is 1. The molecular weight excluding hydrogens is 243 g/mol. The number of halogens is 2. The fraction of sp³-hybridized carbons (Fsp3) is 0.125. The lowest BCUT2D eigenvalue weighted by Gasteiger charge is -2.00. The van der Waals surface area contributed by atoms with E-state index < -0.39 is 6.61 Å². The van der Waals surface area contributed by atoms with Crippen molar-refractivity contribution in [2.24, 2.45) is 0 Å². The Morgan fingerprint density at radius 3 is 2.75 bits per heavy atom. The Morgan fingerprint density at radius 1 is 1.58 bits per heavy atom. The van der Waals surface area contributed by atoms with Crippen molar-refractivity contribution in [3.63, 3.8) is 0 Å². The van der Waals surface area contributed by atoms with Gasteiger partial charge in [0.25, 0.3) is 0 Å². The molecule has 0 aliphatic carbocycles. The van der Waals surface area contributed by atoms with Gasteiger partial charge in [-0.1, -0.05) is 11.6 Å². The number of carbonyl (C=O) groups is 1. The predicted molar refractivity (Wildman–Crippen MR) is 50.6 cm³/mol. The lowest BCUT2D eigenvalue weighted by Crippen LogP contribution is -2.04. The van der Waals surface area contributed by atoms with Crippen molar-refractivity contribution < 1.29 is 9.90 Å². The molecular formula is C8H6BrClO2. The highest BCUT2D eigenvalue weighted by molar-refractivity contribution is 9.10. The first kappa shape index (κ1) is 9.71. The molecule has 0 atom stereocenters. The van der Waals surface area contributed by atoms with Crippen LogP contribution in [0.15, 0.2) is 22.7 Å². The minimum Gasteiger partial charge on any atom is -0.388 e. The molecule has 0 aliphatic heterocycles. The fourth-order valence-electron chi connectivity index (χ4n) is 0.801. The summed E-state index contributed by atoms with van der Waals surface area (Å²) in [6, 6.07) is 4.80. The fourth-order valence-corrected chi connectivity index (χ4v) is 1.70. The van der Waals surface area contributed by atoms with Crippen molar-refractivity contribution in [1.29, 1.82) is 0 Å². The normalized spacial score (nSPS) is 9.92. The van der Waals surface area contributed by atoms with Gasteiger partial charge in [-0.25, -0.2) is 0 Å². The molecule has 0 saturated carbocycles. The van der Waals surface area contributed by atoms with E-state index in [2.05, 4.69) is 15.9 Å². The third kappa shape index (κ3) is 2.06. The average Bonchev–Trinajstić information content (AvgIpc) is 2.03. The van der Waals surface area contributed by atoms with E-state index in [0.717, 1.165) is 0 Å². The van der Waals surface area contributed by atoms with E-state index in [1.54, 1.807) is 18.2 Å². The molecule has 0 aliphatic rings. The van der Waals surface area contributed by atoms with Crippen LogP contribution in [0.3, 0.4) is 0 Å². The summed E-state index contributed by atoms with van der Waals surface area (Å²) in [5, 5.41) is 9.13. The molecule has 4 heteroatoms. The van der Waals surface area contributed by atoms with E-state index in [1.807, 2.05) is 0 Å². The Kier molecular flexibility index (Phi) is 3.26.